The van der Waals surface area contributed by atoms with Crippen molar-refractivity contribution in [1.29, 1.82) is 0 Å². The van der Waals surface area contributed by atoms with Crippen LogP contribution in [-0.2, 0) is 0 Å². The van der Waals surface area contributed by atoms with Crippen LogP contribution in [-0.4, -0.2) is 12.1 Å². The Hall–Kier alpha value is -2.30. The van der Waals surface area contributed by atoms with Gasteiger partial charge in [-0.25, -0.2) is 9.59 Å². The molecule has 0 aliphatic rings. The first-order valence-electron chi connectivity index (χ1n) is 4.58. The lowest BCUT2D eigenvalue weighted by molar-refractivity contribution is 0.415. The summed E-state index contributed by atoms with van der Waals surface area (Å²) >= 11 is 0. The van der Waals surface area contributed by atoms with Crippen LogP contribution in [0.15, 0.2) is 44.3 Å². The van der Waals surface area contributed by atoms with Crippen LogP contribution in [0.1, 0.15) is 0 Å². The van der Waals surface area contributed by atoms with Gasteiger partial charge < -0.3 is 9.15 Å². The molecule has 1 N–H and O–H groups in total. The summed E-state index contributed by atoms with van der Waals surface area (Å²) in [6.45, 7) is 0. The third-order valence-electron chi connectivity index (χ3n) is 2.09. The van der Waals surface area contributed by atoms with Crippen molar-refractivity contribution in [3.63, 3.8) is 0 Å². The first-order valence-corrected chi connectivity index (χ1v) is 4.58. The van der Waals surface area contributed by atoms with E-state index in [0.29, 0.717) is 17.0 Å². The lowest BCUT2D eigenvalue weighted by Crippen LogP contribution is -2.14. The Morgan fingerprint density at radius 2 is 1.88 bits per heavy atom. The smallest absolute Gasteiger partial charge is 0.419 e. The molecule has 0 aliphatic carbocycles. The average Bonchev–Trinajstić information content (AvgIpc) is 2.28. The van der Waals surface area contributed by atoms with Crippen molar-refractivity contribution >= 4 is 0 Å². The summed E-state index contributed by atoms with van der Waals surface area (Å²) in [6, 6.07) is 8.18. The Balaban J connectivity index is 2.50. The molecule has 16 heavy (non-hydrogen) atoms. The molecule has 0 atom stereocenters. The second kappa shape index (κ2) is 4.06. The van der Waals surface area contributed by atoms with Crippen LogP contribution in [0.5, 0.6) is 5.75 Å². The van der Waals surface area contributed by atoms with Gasteiger partial charge in [0.15, 0.2) is 0 Å². The Kier molecular flexibility index (Phi) is 2.59. The topological polar surface area (TPSA) is 72.3 Å². The third-order valence-corrected chi connectivity index (χ3v) is 2.09. The normalized spacial score (nSPS) is 10.1. The molecule has 0 bridgehead atoms. The molecular weight excluding hydrogens is 210 g/mol. The van der Waals surface area contributed by atoms with Gasteiger partial charge in [0.25, 0.3) is 0 Å². The Morgan fingerprint density at radius 1 is 1.19 bits per heavy atom. The van der Waals surface area contributed by atoms with E-state index in [1.807, 2.05) is 0 Å². The van der Waals surface area contributed by atoms with Crippen LogP contribution in [0.4, 0.5) is 0 Å². The largest absolute Gasteiger partial charge is 0.497 e. The number of hydrogen-bond acceptors (Lipinski definition) is 4. The molecular formula is C11H9NO4. The van der Waals surface area contributed by atoms with Crippen molar-refractivity contribution < 1.29 is 9.15 Å². The Bertz CT molecular complexity index is 566. The van der Waals surface area contributed by atoms with Gasteiger partial charge in [-0.15, -0.1) is 0 Å². The molecule has 2 rings (SSSR count). The maximum absolute atomic E-state index is 11.0. The van der Waals surface area contributed by atoms with Crippen molar-refractivity contribution in [3.8, 4) is 17.0 Å². The molecule has 0 radical (unpaired) electrons. The van der Waals surface area contributed by atoms with E-state index in [4.69, 9.17) is 4.74 Å². The molecule has 82 valence electrons. The lowest BCUT2D eigenvalue weighted by atomic mass is 10.1. The molecule has 0 unspecified atom stereocenters. The summed E-state index contributed by atoms with van der Waals surface area (Å²) in [5.41, 5.74) is 0.462. The highest BCUT2D eigenvalue weighted by atomic mass is 16.5. The zero-order valence-electron chi connectivity index (χ0n) is 8.52. The monoisotopic (exact) mass is 219 g/mol. The van der Waals surface area contributed by atoms with Crippen LogP contribution in [0.2, 0.25) is 0 Å². The van der Waals surface area contributed by atoms with Gasteiger partial charge in [0.1, 0.15) is 5.75 Å². The number of aromatic nitrogens is 1. The number of H-pyrrole nitrogens is 1. The van der Waals surface area contributed by atoms with Gasteiger partial charge in [0.05, 0.1) is 12.8 Å². The number of rotatable bonds is 2. The minimum absolute atomic E-state index is 0.420. The number of nitrogens with one attached hydrogen (secondary N) is 1. The van der Waals surface area contributed by atoms with Crippen LogP contribution < -0.4 is 16.1 Å². The fourth-order valence-corrected chi connectivity index (χ4v) is 1.34. The standard InChI is InChI=1S/C11H9NO4/c1-15-8-4-2-7(3-5-8)9-6-10(13)16-11(14)12-9/h2-6H,1H3,(H,12,14). The summed E-state index contributed by atoms with van der Waals surface area (Å²) in [4.78, 5) is 24.4. The first-order chi connectivity index (χ1) is 7.69. The molecule has 1 aromatic carbocycles. The zero-order valence-corrected chi connectivity index (χ0v) is 8.52. The highest BCUT2D eigenvalue weighted by Crippen LogP contribution is 2.18. The van der Waals surface area contributed by atoms with Gasteiger partial charge in [-0.05, 0) is 29.8 Å². The molecule has 2 aromatic rings. The van der Waals surface area contributed by atoms with E-state index < -0.39 is 11.4 Å². The highest BCUT2D eigenvalue weighted by Gasteiger charge is 2.01. The average molecular weight is 219 g/mol. The lowest BCUT2D eigenvalue weighted by Gasteiger charge is -2.02. The minimum Gasteiger partial charge on any atom is -0.497 e. The molecule has 0 fully saturated rings. The summed E-state index contributed by atoms with van der Waals surface area (Å²) in [6.07, 6.45) is 0. The third kappa shape index (κ3) is 2.03. The van der Waals surface area contributed by atoms with Gasteiger partial charge in [0, 0.05) is 6.07 Å². The quantitative estimate of drug-likeness (QED) is 0.817. The summed E-state index contributed by atoms with van der Waals surface area (Å²) < 4.78 is 9.29. The number of hydrogen-bond donors (Lipinski definition) is 1. The van der Waals surface area contributed by atoms with E-state index in [0.717, 1.165) is 0 Å². The number of methoxy groups -OCH3 is 1. The molecule has 1 heterocycles. The highest BCUT2D eigenvalue weighted by molar-refractivity contribution is 5.59. The van der Waals surface area contributed by atoms with E-state index >= 15 is 0 Å². The van der Waals surface area contributed by atoms with Gasteiger partial charge in [0.2, 0.25) is 0 Å². The molecule has 0 amide bonds. The number of benzene rings is 1. The molecule has 1 aromatic heterocycles. The maximum atomic E-state index is 11.0. The predicted octanol–water partition coefficient (Wildman–Crippen LogP) is 1.00. The van der Waals surface area contributed by atoms with Crippen molar-refractivity contribution in [3.05, 3.63) is 51.3 Å². The van der Waals surface area contributed by atoms with Gasteiger partial charge in [-0.2, -0.15) is 0 Å². The van der Waals surface area contributed by atoms with E-state index in [1.54, 1.807) is 31.4 Å². The summed E-state index contributed by atoms with van der Waals surface area (Å²) in [5.74, 6) is -0.0626. The van der Waals surface area contributed by atoms with E-state index in [1.165, 1.54) is 6.07 Å². The zero-order chi connectivity index (χ0) is 11.5. The van der Waals surface area contributed by atoms with Gasteiger partial charge in [-0.3, -0.25) is 4.98 Å². The number of aromatic amines is 1. The fourth-order valence-electron chi connectivity index (χ4n) is 1.34. The predicted molar refractivity (Wildman–Crippen MR) is 57.6 cm³/mol. The molecule has 0 saturated carbocycles. The van der Waals surface area contributed by atoms with Crippen molar-refractivity contribution in [1.82, 2.24) is 4.98 Å². The van der Waals surface area contributed by atoms with Crippen LogP contribution in [0.3, 0.4) is 0 Å². The minimum atomic E-state index is -0.765. The number of ether oxygens (including phenoxy) is 1. The van der Waals surface area contributed by atoms with Crippen molar-refractivity contribution in [2.75, 3.05) is 7.11 Å². The Labute approximate surface area is 90.3 Å². The SMILES string of the molecule is COc1ccc(-c2cc(=O)oc(=O)[nH]2)cc1. The van der Waals surface area contributed by atoms with E-state index in [-0.39, 0.29) is 0 Å². The van der Waals surface area contributed by atoms with Crippen molar-refractivity contribution in [2.24, 2.45) is 0 Å². The van der Waals surface area contributed by atoms with Crippen LogP contribution >= 0.6 is 0 Å². The van der Waals surface area contributed by atoms with Gasteiger partial charge >= 0.3 is 11.4 Å². The van der Waals surface area contributed by atoms with E-state index in [2.05, 4.69) is 9.40 Å². The van der Waals surface area contributed by atoms with E-state index in [9.17, 15) is 9.59 Å². The molecule has 5 heteroatoms. The van der Waals surface area contributed by atoms with Crippen molar-refractivity contribution in [2.45, 2.75) is 0 Å². The Morgan fingerprint density at radius 3 is 2.44 bits per heavy atom. The second-order valence-corrected chi connectivity index (χ2v) is 3.12. The maximum Gasteiger partial charge on any atom is 0.419 e. The van der Waals surface area contributed by atoms with Crippen LogP contribution in [0.25, 0.3) is 11.3 Å². The molecule has 0 saturated heterocycles. The second-order valence-electron chi connectivity index (χ2n) is 3.12. The summed E-state index contributed by atoms with van der Waals surface area (Å²) in [5, 5.41) is 0. The van der Waals surface area contributed by atoms with Gasteiger partial charge in [-0.1, -0.05) is 0 Å². The molecule has 0 aliphatic heterocycles. The first kappa shape index (κ1) is 10.2. The molecule has 5 nitrogen and oxygen atoms in total. The molecule has 0 spiro atoms. The fraction of sp³-hybridized carbons (Fsp3) is 0.0909. The van der Waals surface area contributed by atoms with Crippen LogP contribution in [0, 0.1) is 0 Å². The summed E-state index contributed by atoms with van der Waals surface area (Å²) in [7, 11) is 1.56.